The van der Waals surface area contributed by atoms with Crippen LogP contribution in [-0.4, -0.2) is 25.8 Å². The van der Waals surface area contributed by atoms with Crippen LogP contribution in [0.1, 0.15) is 78.6 Å². The summed E-state index contributed by atoms with van der Waals surface area (Å²) >= 11 is 0. The summed E-state index contributed by atoms with van der Waals surface area (Å²) in [4.78, 5) is 0. The molecule has 120 valence electrons. The highest BCUT2D eigenvalue weighted by Crippen LogP contribution is 2.30. The van der Waals surface area contributed by atoms with Crippen LogP contribution in [0.15, 0.2) is 0 Å². The van der Waals surface area contributed by atoms with Gasteiger partial charge in [0, 0.05) is 12.6 Å². The summed E-state index contributed by atoms with van der Waals surface area (Å²) in [6.07, 6.45) is 12.3. The van der Waals surface area contributed by atoms with Crippen molar-refractivity contribution in [3.63, 3.8) is 0 Å². The first-order chi connectivity index (χ1) is 9.74. The standard InChI is InChI=1S/C18H37NO/c1-5-8-10-15(7-3)14-20-18-13-16(9-6-2)11-12-17(18)19-4/h15-19H,5-14H2,1-4H3. The van der Waals surface area contributed by atoms with E-state index in [0.29, 0.717) is 12.1 Å². The molecule has 2 nitrogen and oxygen atoms in total. The van der Waals surface area contributed by atoms with E-state index in [1.807, 2.05) is 0 Å². The van der Waals surface area contributed by atoms with Gasteiger partial charge in [-0.1, -0.05) is 52.9 Å². The van der Waals surface area contributed by atoms with Crippen LogP contribution >= 0.6 is 0 Å². The van der Waals surface area contributed by atoms with Gasteiger partial charge in [0.1, 0.15) is 0 Å². The first-order valence-electron chi connectivity index (χ1n) is 9.03. The van der Waals surface area contributed by atoms with Crippen LogP contribution in [-0.2, 0) is 4.74 Å². The zero-order valence-corrected chi connectivity index (χ0v) is 14.3. The zero-order valence-electron chi connectivity index (χ0n) is 14.3. The molecule has 20 heavy (non-hydrogen) atoms. The van der Waals surface area contributed by atoms with Crippen molar-refractivity contribution < 1.29 is 4.74 Å². The van der Waals surface area contributed by atoms with E-state index in [4.69, 9.17) is 4.74 Å². The van der Waals surface area contributed by atoms with Gasteiger partial charge in [0.05, 0.1) is 6.10 Å². The Morgan fingerprint density at radius 3 is 2.55 bits per heavy atom. The molecule has 1 aliphatic rings. The van der Waals surface area contributed by atoms with Gasteiger partial charge in [-0.3, -0.25) is 0 Å². The van der Waals surface area contributed by atoms with Crippen LogP contribution in [0.3, 0.4) is 0 Å². The Morgan fingerprint density at radius 1 is 1.15 bits per heavy atom. The fraction of sp³-hybridized carbons (Fsp3) is 1.00. The topological polar surface area (TPSA) is 21.3 Å². The number of unbranched alkanes of at least 4 members (excludes halogenated alkanes) is 1. The predicted molar refractivity (Wildman–Crippen MR) is 88.1 cm³/mol. The van der Waals surface area contributed by atoms with Gasteiger partial charge < -0.3 is 10.1 Å². The van der Waals surface area contributed by atoms with Crippen molar-refractivity contribution >= 4 is 0 Å². The summed E-state index contributed by atoms with van der Waals surface area (Å²) in [5.41, 5.74) is 0. The number of likely N-dealkylation sites (N-methyl/N-ethyl adjacent to an activating group) is 1. The van der Waals surface area contributed by atoms with E-state index in [1.54, 1.807) is 0 Å². The maximum atomic E-state index is 6.35. The fourth-order valence-corrected chi connectivity index (χ4v) is 3.55. The molecule has 2 heteroatoms. The van der Waals surface area contributed by atoms with Crippen molar-refractivity contribution in [1.29, 1.82) is 0 Å². The Morgan fingerprint density at radius 2 is 1.95 bits per heavy atom. The van der Waals surface area contributed by atoms with Gasteiger partial charge in [-0.15, -0.1) is 0 Å². The first kappa shape index (κ1) is 18.0. The summed E-state index contributed by atoms with van der Waals surface area (Å²) in [5, 5.41) is 3.48. The monoisotopic (exact) mass is 283 g/mol. The molecule has 0 bridgehead atoms. The molecule has 0 amide bonds. The highest BCUT2D eigenvalue weighted by Gasteiger charge is 2.30. The average Bonchev–Trinajstić information content (AvgIpc) is 2.48. The Kier molecular flexibility index (Phi) is 9.54. The van der Waals surface area contributed by atoms with Crippen molar-refractivity contribution in [1.82, 2.24) is 5.32 Å². The van der Waals surface area contributed by atoms with E-state index < -0.39 is 0 Å². The lowest BCUT2D eigenvalue weighted by atomic mass is 9.81. The average molecular weight is 283 g/mol. The molecular weight excluding hydrogens is 246 g/mol. The van der Waals surface area contributed by atoms with E-state index in [9.17, 15) is 0 Å². The number of ether oxygens (including phenoxy) is 1. The second kappa shape index (κ2) is 10.6. The van der Waals surface area contributed by atoms with Crippen molar-refractivity contribution in [2.45, 2.75) is 90.7 Å². The molecule has 0 spiro atoms. The first-order valence-corrected chi connectivity index (χ1v) is 9.03. The van der Waals surface area contributed by atoms with Crippen LogP contribution in [0, 0.1) is 11.8 Å². The maximum absolute atomic E-state index is 6.35. The minimum Gasteiger partial charge on any atom is -0.376 e. The number of nitrogens with one attached hydrogen (secondary N) is 1. The largest absolute Gasteiger partial charge is 0.376 e. The van der Waals surface area contributed by atoms with Crippen molar-refractivity contribution in [2.75, 3.05) is 13.7 Å². The fourth-order valence-electron chi connectivity index (χ4n) is 3.55. The normalized spacial score (nSPS) is 28.5. The molecule has 1 N–H and O–H groups in total. The molecule has 1 saturated carbocycles. The summed E-state index contributed by atoms with van der Waals surface area (Å²) in [6.45, 7) is 7.86. The second-order valence-corrected chi connectivity index (χ2v) is 6.65. The lowest BCUT2D eigenvalue weighted by Gasteiger charge is -2.36. The molecule has 0 aliphatic heterocycles. The SMILES string of the molecule is CCCCC(CC)COC1CC(CCC)CCC1NC. The molecule has 1 fully saturated rings. The Bertz CT molecular complexity index is 231. The number of rotatable bonds is 10. The minimum atomic E-state index is 0.445. The van der Waals surface area contributed by atoms with Crippen LogP contribution in [0.5, 0.6) is 0 Å². The molecule has 0 radical (unpaired) electrons. The molecule has 4 atom stereocenters. The van der Waals surface area contributed by atoms with Crippen LogP contribution < -0.4 is 5.32 Å². The molecule has 0 saturated heterocycles. The van der Waals surface area contributed by atoms with Crippen LogP contribution in [0.25, 0.3) is 0 Å². The summed E-state index contributed by atoms with van der Waals surface area (Å²) in [7, 11) is 2.09. The molecule has 1 rings (SSSR count). The van der Waals surface area contributed by atoms with Crippen molar-refractivity contribution in [3.8, 4) is 0 Å². The van der Waals surface area contributed by atoms with Crippen molar-refractivity contribution in [3.05, 3.63) is 0 Å². The Balaban J connectivity index is 2.39. The molecular formula is C18H37NO. The Hall–Kier alpha value is -0.0800. The smallest absolute Gasteiger partial charge is 0.0730 e. The van der Waals surface area contributed by atoms with E-state index in [2.05, 4.69) is 33.1 Å². The summed E-state index contributed by atoms with van der Waals surface area (Å²) in [5.74, 6) is 1.66. The van der Waals surface area contributed by atoms with Gasteiger partial charge in [-0.25, -0.2) is 0 Å². The van der Waals surface area contributed by atoms with E-state index in [0.717, 1.165) is 18.4 Å². The molecule has 0 aromatic heterocycles. The molecule has 0 heterocycles. The van der Waals surface area contributed by atoms with E-state index in [-0.39, 0.29) is 0 Å². The second-order valence-electron chi connectivity index (χ2n) is 6.65. The van der Waals surface area contributed by atoms with E-state index in [1.165, 1.54) is 57.8 Å². The lowest BCUT2D eigenvalue weighted by Crippen LogP contribution is -2.44. The molecule has 4 unspecified atom stereocenters. The third-order valence-corrected chi connectivity index (χ3v) is 5.06. The zero-order chi connectivity index (χ0) is 14.8. The van der Waals surface area contributed by atoms with Crippen LogP contribution in [0.4, 0.5) is 0 Å². The van der Waals surface area contributed by atoms with Gasteiger partial charge in [0.25, 0.3) is 0 Å². The molecule has 0 aromatic carbocycles. The summed E-state index contributed by atoms with van der Waals surface area (Å²) in [6, 6.07) is 0.576. The maximum Gasteiger partial charge on any atom is 0.0730 e. The van der Waals surface area contributed by atoms with E-state index >= 15 is 0 Å². The third kappa shape index (κ3) is 6.13. The van der Waals surface area contributed by atoms with Gasteiger partial charge >= 0.3 is 0 Å². The van der Waals surface area contributed by atoms with Gasteiger partial charge in [-0.2, -0.15) is 0 Å². The summed E-state index contributed by atoms with van der Waals surface area (Å²) < 4.78 is 6.35. The minimum absolute atomic E-state index is 0.445. The lowest BCUT2D eigenvalue weighted by molar-refractivity contribution is -0.0268. The van der Waals surface area contributed by atoms with Gasteiger partial charge in [-0.05, 0) is 44.6 Å². The Labute approximate surface area is 127 Å². The highest BCUT2D eigenvalue weighted by molar-refractivity contribution is 4.85. The third-order valence-electron chi connectivity index (χ3n) is 5.06. The predicted octanol–water partition coefficient (Wildman–Crippen LogP) is 4.78. The quantitative estimate of drug-likeness (QED) is 0.623. The number of hydrogen-bond donors (Lipinski definition) is 1. The van der Waals surface area contributed by atoms with Gasteiger partial charge in [0.15, 0.2) is 0 Å². The van der Waals surface area contributed by atoms with Gasteiger partial charge in [0.2, 0.25) is 0 Å². The highest BCUT2D eigenvalue weighted by atomic mass is 16.5. The van der Waals surface area contributed by atoms with Crippen LogP contribution in [0.2, 0.25) is 0 Å². The molecule has 0 aromatic rings. The number of hydrogen-bond acceptors (Lipinski definition) is 2. The van der Waals surface area contributed by atoms with Crippen molar-refractivity contribution in [2.24, 2.45) is 11.8 Å². The molecule has 1 aliphatic carbocycles.